The number of benzene rings is 1. The lowest BCUT2D eigenvalue weighted by atomic mass is 10.1. The Morgan fingerprint density at radius 2 is 2.18 bits per heavy atom. The SMILES string of the molecule is CS(=O)(=O)CCC(NN)c1ccc(F)cc1Br. The van der Waals surface area contributed by atoms with Crippen LogP contribution in [0.15, 0.2) is 22.7 Å². The van der Waals surface area contributed by atoms with Gasteiger partial charge >= 0.3 is 0 Å². The molecule has 1 rings (SSSR count). The number of halogens is 2. The molecular weight excluding hydrogens is 311 g/mol. The lowest BCUT2D eigenvalue weighted by Gasteiger charge is -2.17. The van der Waals surface area contributed by atoms with Crippen molar-refractivity contribution in [2.24, 2.45) is 5.84 Å². The van der Waals surface area contributed by atoms with Gasteiger partial charge in [0.05, 0.1) is 5.75 Å². The van der Waals surface area contributed by atoms with Crippen LogP contribution in [0.4, 0.5) is 4.39 Å². The fraction of sp³-hybridized carbons (Fsp3) is 0.400. The molecule has 1 aromatic rings. The van der Waals surface area contributed by atoms with E-state index in [1.54, 1.807) is 6.07 Å². The zero-order valence-electron chi connectivity index (χ0n) is 9.28. The number of hydrazine groups is 1. The van der Waals surface area contributed by atoms with Crippen LogP contribution >= 0.6 is 15.9 Å². The summed E-state index contributed by atoms with van der Waals surface area (Å²) in [7, 11) is -3.04. The molecule has 1 aromatic carbocycles. The number of nitrogens with one attached hydrogen (secondary N) is 1. The van der Waals surface area contributed by atoms with Crippen molar-refractivity contribution in [3.63, 3.8) is 0 Å². The Balaban J connectivity index is 2.86. The van der Waals surface area contributed by atoms with Gasteiger partial charge < -0.3 is 0 Å². The van der Waals surface area contributed by atoms with E-state index < -0.39 is 9.84 Å². The molecule has 0 spiro atoms. The van der Waals surface area contributed by atoms with E-state index in [9.17, 15) is 12.8 Å². The third kappa shape index (κ3) is 4.71. The minimum Gasteiger partial charge on any atom is -0.271 e. The van der Waals surface area contributed by atoms with Crippen LogP contribution in [-0.2, 0) is 9.84 Å². The number of rotatable bonds is 5. The average Bonchev–Trinajstić information content (AvgIpc) is 2.19. The van der Waals surface area contributed by atoms with E-state index in [1.807, 2.05) is 0 Å². The fourth-order valence-corrected chi connectivity index (χ4v) is 2.74. The third-order valence-electron chi connectivity index (χ3n) is 2.32. The first-order chi connectivity index (χ1) is 7.83. The third-order valence-corrected chi connectivity index (χ3v) is 3.98. The van der Waals surface area contributed by atoms with E-state index in [4.69, 9.17) is 5.84 Å². The molecule has 0 fully saturated rings. The first kappa shape index (κ1) is 14.6. The van der Waals surface area contributed by atoms with Gasteiger partial charge in [0, 0.05) is 16.8 Å². The van der Waals surface area contributed by atoms with E-state index >= 15 is 0 Å². The van der Waals surface area contributed by atoms with Gasteiger partial charge in [-0.25, -0.2) is 12.8 Å². The van der Waals surface area contributed by atoms with Crippen molar-refractivity contribution in [3.05, 3.63) is 34.1 Å². The molecule has 1 unspecified atom stereocenters. The van der Waals surface area contributed by atoms with Crippen molar-refractivity contribution in [1.29, 1.82) is 0 Å². The molecule has 0 aliphatic heterocycles. The largest absolute Gasteiger partial charge is 0.271 e. The molecule has 0 aliphatic carbocycles. The second-order valence-corrected chi connectivity index (χ2v) is 6.92. The number of hydrogen-bond donors (Lipinski definition) is 2. The maximum atomic E-state index is 12.9. The van der Waals surface area contributed by atoms with Crippen LogP contribution in [0.3, 0.4) is 0 Å². The molecule has 0 aromatic heterocycles. The first-order valence-corrected chi connectivity index (χ1v) is 7.77. The van der Waals surface area contributed by atoms with Gasteiger partial charge in [0.15, 0.2) is 0 Å². The van der Waals surface area contributed by atoms with Crippen molar-refractivity contribution in [1.82, 2.24) is 5.43 Å². The monoisotopic (exact) mass is 324 g/mol. The predicted octanol–water partition coefficient (Wildman–Crippen LogP) is 1.53. The van der Waals surface area contributed by atoms with E-state index in [0.29, 0.717) is 10.9 Å². The molecule has 0 saturated heterocycles. The highest BCUT2D eigenvalue weighted by atomic mass is 79.9. The van der Waals surface area contributed by atoms with Gasteiger partial charge in [0.1, 0.15) is 15.7 Å². The molecule has 0 saturated carbocycles. The van der Waals surface area contributed by atoms with Gasteiger partial charge in [-0.15, -0.1) is 0 Å². The summed E-state index contributed by atoms with van der Waals surface area (Å²) in [5, 5.41) is 0. The molecule has 96 valence electrons. The second-order valence-electron chi connectivity index (χ2n) is 3.80. The Morgan fingerprint density at radius 3 is 2.65 bits per heavy atom. The van der Waals surface area contributed by atoms with Crippen molar-refractivity contribution in [3.8, 4) is 0 Å². The molecule has 0 aliphatic rings. The summed E-state index contributed by atoms with van der Waals surface area (Å²) < 4.78 is 35.6. The number of nitrogens with two attached hydrogens (primary N) is 1. The second kappa shape index (κ2) is 5.90. The molecule has 0 amide bonds. The van der Waals surface area contributed by atoms with Crippen LogP contribution in [0, 0.1) is 5.82 Å². The van der Waals surface area contributed by atoms with Crippen LogP contribution in [-0.4, -0.2) is 20.4 Å². The first-order valence-electron chi connectivity index (χ1n) is 4.92. The van der Waals surface area contributed by atoms with Gasteiger partial charge in [-0.05, 0) is 24.1 Å². The van der Waals surface area contributed by atoms with E-state index in [2.05, 4.69) is 21.4 Å². The molecule has 7 heteroatoms. The molecule has 1 atom stereocenters. The van der Waals surface area contributed by atoms with E-state index in [0.717, 1.165) is 5.56 Å². The standard InChI is InChI=1S/C10H14BrFN2O2S/c1-17(15,16)5-4-10(14-13)8-3-2-7(12)6-9(8)11/h2-3,6,10,14H,4-5,13H2,1H3. The fourth-order valence-electron chi connectivity index (χ4n) is 1.44. The van der Waals surface area contributed by atoms with Crippen LogP contribution < -0.4 is 11.3 Å². The van der Waals surface area contributed by atoms with Gasteiger partial charge in [-0.3, -0.25) is 11.3 Å². The van der Waals surface area contributed by atoms with Crippen molar-refractivity contribution in [2.45, 2.75) is 12.5 Å². The summed E-state index contributed by atoms with van der Waals surface area (Å²) in [6, 6.07) is 3.87. The van der Waals surface area contributed by atoms with E-state index in [-0.39, 0.29) is 17.6 Å². The molecular formula is C10H14BrFN2O2S. The Labute approximate surface area is 108 Å². The van der Waals surface area contributed by atoms with Crippen LogP contribution in [0.25, 0.3) is 0 Å². The molecule has 0 heterocycles. The normalized spacial score (nSPS) is 13.6. The maximum Gasteiger partial charge on any atom is 0.147 e. The predicted molar refractivity (Wildman–Crippen MR) is 68.5 cm³/mol. The van der Waals surface area contributed by atoms with Gasteiger partial charge in [-0.2, -0.15) is 0 Å². The Bertz CT molecular complexity index is 493. The molecule has 4 nitrogen and oxygen atoms in total. The van der Waals surface area contributed by atoms with Crippen molar-refractivity contribution in [2.75, 3.05) is 12.0 Å². The van der Waals surface area contributed by atoms with E-state index in [1.165, 1.54) is 18.4 Å². The molecule has 0 radical (unpaired) electrons. The molecule has 17 heavy (non-hydrogen) atoms. The average molecular weight is 325 g/mol. The minimum absolute atomic E-state index is 0.0195. The molecule has 3 N–H and O–H groups in total. The smallest absolute Gasteiger partial charge is 0.147 e. The summed E-state index contributed by atoms with van der Waals surface area (Å²) in [4.78, 5) is 0. The lowest BCUT2D eigenvalue weighted by Crippen LogP contribution is -2.29. The Kier molecular flexibility index (Phi) is 5.05. The Hall–Kier alpha value is -0.500. The minimum atomic E-state index is -3.04. The van der Waals surface area contributed by atoms with Crippen LogP contribution in [0.2, 0.25) is 0 Å². The Morgan fingerprint density at radius 1 is 1.53 bits per heavy atom. The lowest BCUT2D eigenvalue weighted by molar-refractivity contribution is 0.527. The highest BCUT2D eigenvalue weighted by Gasteiger charge is 2.15. The summed E-state index contributed by atoms with van der Waals surface area (Å²) in [6.07, 6.45) is 1.50. The van der Waals surface area contributed by atoms with Gasteiger partial charge in [0.2, 0.25) is 0 Å². The topological polar surface area (TPSA) is 72.2 Å². The summed E-state index contributed by atoms with van der Waals surface area (Å²) in [6.45, 7) is 0. The van der Waals surface area contributed by atoms with Gasteiger partial charge in [0.25, 0.3) is 0 Å². The van der Waals surface area contributed by atoms with Crippen LogP contribution in [0.5, 0.6) is 0 Å². The van der Waals surface area contributed by atoms with Crippen molar-refractivity contribution < 1.29 is 12.8 Å². The number of hydrogen-bond acceptors (Lipinski definition) is 4. The van der Waals surface area contributed by atoms with Gasteiger partial charge in [-0.1, -0.05) is 22.0 Å². The number of sulfone groups is 1. The highest BCUT2D eigenvalue weighted by molar-refractivity contribution is 9.10. The highest BCUT2D eigenvalue weighted by Crippen LogP contribution is 2.26. The summed E-state index contributed by atoms with van der Waals surface area (Å²) in [5.41, 5.74) is 3.27. The summed E-state index contributed by atoms with van der Waals surface area (Å²) in [5.74, 6) is 5.04. The van der Waals surface area contributed by atoms with Crippen molar-refractivity contribution >= 4 is 25.8 Å². The summed E-state index contributed by atoms with van der Waals surface area (Å²) >= 11 is 3.22. The van der Waals surface area contributed by atoms with Crippen LogP contribution in [0.1, 0.15) is 18.0 Å². The maximum absolute atomic E-state index is 12.9. The zero-order chi connectivity index (χ0) is 13.1. The molecule has 0 bridgehead atoms. The quantitative estimate of drug-likeness (QED) is 0.636. The zero-order valence-corrected chi connectivity index (χ0v) is 11.7.